The molecule has 0 saturated heterocycles. The van der Waals surface area contributed by atoms with Crippen molar-refractivity contribution in [1.82, 2.24) is 0 Å². The molecule has 0 bridgehead atoms. The summed E-state index contributed by atoms with van der Waals surface area (Å²) in [6.45, 7) is 2.26. The number of anilines is 1. The molecule has 0 heterocycles. The number of halogens is 1. The van der Waals surface area contributed by atoms with Crippen molar-refractivity contribution >= 4 is 23.2 Å². The molecule has 0 fully saturated rings. The minimum atomic E-state index is -0.268. The van der Waals surface area contributed by atoms with Gasteiger partial charge in [-0.3, -0.25) is 10.0 Å². The van der Waals surface area contributed by atoms with E-state index in [4.69, 9.17) is 11.6 Å². The van der Waals surface area contributed by atoms with Gasteiger partial charge in [0.15, 0.2) is 0 Å². The van der Waals surface area contributed by atoms with Gasteiger partial charge in [-0.15, -0.1) is 0 Å². The van der Waals surface area contributed by atoms with Gasteiger partial charge in [0.1, 0.15) is 0 Å². The Kier molecular flexibility index (Phi) is 13.3. The molecule has 0 aromatic heterocycles. The maximum absolute atomic E-state index is 12.0. The average molecular weight is 382 g/mol. The normalized spacial score (nSPS) is 10.9. The summed E-state index contributed by atoms with van der Waals surface area (Å²) < 4.78 is 0. The van der Waals surface area contributed by atoms with E-state index in [1.807, 2.05) is 0 Å². The van der Waals surface area contributed by atoms with E-state index in [1.54, 1.807) is 24.3 Å². The fourth-order valence-corrected chi connectivity index (χ4v) is 3.34. The fraction of sp³-hybridized carbons (Fsp3) is 0.682. The van der Waals surface area contributed by atoms with Gasteiger partial charge in [-0.1, -0.05) is 102 Å². The zero-order chi connectivity index (χ0) is 19.0. The van der Waals surface area contributed by atoms with Gasteiger partial charge in [-0.25, -0.2) is 0 Å². The lowest BCUT2D eigenvalue weighted by Gasteiger charge is -2.15. The second-order valence-corrected chi connectivity index (χ2v) is 7.61. The molecule has 0 aliphatic rings. The van der Waals surface area contributed by atoms with E-state index in [0.717, 1.165) is 12.8 Å². The van der Waals surface area contributed by atoms with Crippen LogP contribution in [0.3, 0.4) is 0 Å². The lowest BCUT2D eigenvalue weighted by atomic mass is 10.0. The maximum Gasteiger partial charge on any atom is 0.250 e. The smallest absolute Gasteiger partial charge is 0.250 e. The minimum absolute atomic E-state index is 0.268. The van der Waals surface area contributed by atoms with Crippen molar-refractivity contribution < 1.29 is 10.0 Å². The Balaban J connectivity index is 1.94. The van der Waals surface area contributed by atoms with E-state index in [1.165, 1.54) is 70.6 Å². The van der Waals surface area contributed by atoms with Gasteiger partial charge in [-0.2, -0.15) is 5.06 Å². The molecule has 1 aromatic carbocycles. The number of hydroxylamine groups is 1. The van der Waals surface area contributed by atoms with Crippen LogP contribution in [0.5, 0.6) is 0 Å². The Hall–Kier alpha value is -1.06. The number of hydrogen-bond acceptors (Lipinski definition) is 2. The van der Waals surface area contributed by atoms with Gasteiger partial charge in [0.2, 0.25) is 0 Å². The number of unbranched alkanes of at least 4 members (excludes halogenated alkanes) is 12. The molecule has 0 atom stereocenters. The largest absolute Gasteiger partial charge is 0.281 e. The first kappa shape index (κ1) is 23.0. The number of rotatable bonds is 15. The summed E-state index contributed by atoms with van der Waals surface area (Å²) in [6.07, 6.45) is 17.0. The lowest BCUT2D eigenvalue weighted by molar-refractivity contribution is -0.123. The second kappa shape index (κ2) is 15.0. The molecule has 0 radical (unpaired) electrons. The van der Waals surface area contributed by atoms with Gasteiger partial charge < -0.3 is 0 Å². The van der Waals surface area contributed by atoms with Crippen LogP contribution in [-0.4, -0.2) is 11.1 Å². The van der Waals surface area contributed by atoms with Crippen LogP contribution in [0.1, 0.15) is 96.8 Å². The van der Waals surface area contributed by atoms with Crippen LogP contribution in [0.4, 0.5) is 5.69 Å². The summed E-state index contributed by atoms with van der Waals surface area (Å²) in [5.74, 6) is -0.268. The Morgan fingerprint density at radius 3 is 1.88 bits per heavy atom. The second-order valence-electron chi connectivity index (χ2n) is 7.18. The van der Waals surface area contributed by atoms with Crippen LogP contribution in [0.2, 0.25) is 5.02 Å². The van der Waals surface area contributed by atoms with Crippen molar-refractivity contribution in [2.45, 2.75) is 96.8 Å². The van der Waals surface area contributed by atoms with Crippen LogP contribution < -0.4 is 5.06 Å². The van der Waals surface area contributed by atoms with Crippen molar-refractivity contribution in [2.75, 3.05) is 5.06 Å². The molecule has 0 saturated carbocycles. The molecular formula is C22H36ClNO2. The summed E-state index contributed by atoms with van der Waals surface area (Å²) in [5.41, 5.74) is 0.428. The van der Waals surface area contributed by atoms with E-state index in [9.17, 15) is 10.0 Å². The number of nitrogens with zero attached hydrogens (tertiary/aromatic N) is 1. The average Bonchev–Trinajstić information content (AvgIpc) is 2.64. The molecule has 1 amide bonds. The predicted molar refractivity (Wildman–Crippen MR) is 111 cm³/mol. The zero-order valence-electron chi connectivity index (χ0n) is 16.4. The number of hydrogen-bond donors (Lipinski definition) is 1. The van der Waals surface area contributed by atoms with Gasteiger partial charge >= 0.3 is 0 Å². The van der Waals surface area contributed by atoms with E-state index >= 15 is 0 Å². The molecule has 1 N–H and O–H groups in total. The van der Waals surface area contributed by atoms with Crippen LogP contribution in [-0.2, 0) is 4.79 Å². The van der Waals surface area contributed by atoms with Gasteiger partial charge in [0.25, 0.3) is 5.91 Å². The predicted octanol–water partition coefficient (Wildman–Crippen LogP) is 7.54. The van der Waals surface area contributed by atoms with E-state index in [0.29, 0.717) is 22.2 Å². The summed E-state index contributed by atoms with van der Waals surface area (Å²) in [4.78, 5) is 12.0. The summed E-state index contributed by atoms with van der Waals surface area (Å²) in [6, 6.07) is 6.70. The third kappa shape index (κ3) is 10.8. The Morgan fingerprint density at radius 2 is 1.38 bits per heavy atom. The quantitative estimate of drug-likeness (QED) is 0.193. The molecule has 0 unspecified atom stereocenters. The van der Waals surface area contributed by atoms with Gasteiger partial charge in [0, 0.05) is 11.4 Å². The number of carbonyl (C=O) groups is 1. The zero-order valence-corrected chi connectivity index (χ0v) is 17.1. The number of benzene rings is 1. The third-order valence-electron chi connectivity index (χ3n) is 4.78. The fourth-order valence-electron chi connectivity index (χ4n) is 3.15. The van der Waals surface area contributed by atoms with E-state index in [-0.39, 0.29) is 5.91 Å². The highest BCUT2D eigenvalue weighted by atomic mass is 35.5. The van der Waals surface area contributed by atoms with Crippen LogP contribution in [0.15, 0.2) is 24.3 Å². The third-order valence-corrected chi connectivity index (χ3v) is 5.02. The molecule has 1 aromatic rings. The van der Waals surface area contributed by atoms with Crippen molar-refractivity contribution in [3.8, 4) is 0 Å². The number of carbonyl (C=O) groups excluding carboxylic acids is 1. The molecule has 0 aliphatic heterocycles. The number of amides is 1. The highest BCUT2D eigenvalue weighted by Gasteiger charge is 2.12. The van der Waals surface area contributed by atoms with Crippen molar-refractivity contribution in [1.29, 1.82) is 0 Å². The highest BCUT2D eigenvalue weighted by Crippen LogP contribution is 2.19. The molecule has 0 aliphatic carbocycles. The highest BCUT2D eigenvalue weighted by molar-refractivity contribution is 6.30. The standard InChI is InChI=1S/C22H36ClNO2/c1-2-3-4-5-6-7-8-9-10-11-12-13-14-18-22(25)24(26)21-17-15-16-20(23)19-21/h15-17,19,26H,2-14,18H2,1H3. The summed E-state index contributed by atoms with van der Waals surface area (Å²) >= 11 is 5.88. The minimum Gasteiger partial charge on any atom is -0.281 e. The first-order valence-electron chi connectivity index (χ1n) is 10.4. The van der Waals surface area contributed by atoms with Gasteiger partial charge in [0.05, 0.1) is 5.69 Å². The SMILES string of the molecule is CCCCCCCCCCCCCCCC(=O)N(O)c1cccc(Cl)c1. The van der Waals surface area contributed by atoms with Crippen LogP contribution in [0.25, 0.3) is 0 Å². The monoisotopic (exact) mass is 381 g/mol. The van der Waals surface area contributed by atoms with Crippen molar-refractivity contribution in [2.24, 2.45) is 0 Å². The maximum atomic E-state index is 12.0. The molecular weight excluding hydrogens is 346 g/mol. The Morgan fingerprint density at radius 1 is 0.885 bits per heavy atom. The molecule has 148 valence electrons. The Labute approximate surface area is 164 Å². The van der Waals surface area contributed by atoms with Crippen molar-refractivity contribution in [3.63, 3.8) is 0 Å². The molecule has 26 heavy (non-hydrogen) atoms. The van der Waals surface area contributed by atoms with Crippen LogP contribution >= 0.6 is 11.6 Å². The molecule has 4 heteroatoms. The molecule has 1 rings (SSSR count). The van der Waals surface area contributed by atoms with Gasteiger partial charge in [-0.05, 0) is 24.6 Å². The topological polar surface area (TPSA) is 40.5 Å². The molecule has 3 nitrogen and oxygen atoms in total. The first-order chi connectivity index (χ1) is 12.6. The first-order valence-corrected chi connectivity index (χ1v) is 10.8. The van der Waals surface area contributed by atoms with E-state index < -0.39 is 0 Å². The summed E-state index contributed by atoms with van der Waals surface area (Å²) in [7, 11) is 0. The van der Waals surface area contributed by atoms with Crippen molar-refractivity contribution in [3.05, 3.63) is 29.3 Å². The Bertz CT molecular complexity index is 493. The molecule has 0 spiro atoms. The van der Waals surface area contributed by atoms with Crippen LogP contribution in [0, 0.1) is 0 Å². The lowest BCUT2D eigenvalue weighted by Crippen LogP contribution is -2.26. The van der Waals surface area contributed by atoms with E-state index in [2.05, 4.69) is 6.92 Å². The summed E-state index contributed by atoms with van der Waals surface area (Å²) in [5, 5.41) is 11.2.